The van der Waals surface area contributed by atoms with Crippen molar-refractivity contribution in [3.8, 4) is 0 Å². The van der Waals surface area contributed by atoms with E-state index in [1.165, 1.54) is 11.1 Å². The molecule has 0 aromatic heterocycles. The molecule has 0 N–H and O–H groups in total. The van der Waals surface area contributed by atoms with E-state index in [0.29, 0.717) is 6.42 Å². The monoisotopic (exact) mass is 218 g/mol. The third-order valence-electron chi connectivity index (χ3n) is 2.72. The largest absolute Gasteiger partial charge is 0.393 e. The third-order valence-corrected chi connectivity index (χ3v) is 2.72. The van der Waals surface area contributed by atoms with Gasteiger partial charge in [0.1, 0.15) is 0 Å². The predicted octanol–water partition coefficient (Wildman–Crippen LogP) is 1.94. The van der Waals surface area contributed by atoms with Crippen LogP contribution in [0.2, 0.25) is 0 Å². The van der Waals surface area contributed by atoms with Gasteiger partial charge in [0.05, 0.1) is 12.3 Å². The highest BCUT2D eigenvalue weighted by Crippen LogP contribution is 2.22. The molecule has 2 rings (SSSR count). The molecule has 0 amide bonds. The van der Waals surface area contributed by atoms with E-state index >= 15 is 0 Å². The summed E-state index contributed by atoms with van der Waals surface area (Å²) >= 11 is 0. The van der Waals surface area contributed by atoms with Gasteiger partial charge in [0, 0.05) is 0 Å². The number of ether oxygens (including phenoxy) is 1. The molecule has 0 bridgehead atoms. The molecule has 84 valence electrons. The summed E-state index contributed by atoms with van der Waals surface area (Å²) in [6, 6.07) is 6.17. The van der Waals surface area contributed by atoms with E-state index in [-0.39, 0.29) is 18.3 Å². The minimum Gasteiger partial charge on any atom is -0.393 e. The maximum Gasteiger partial charge on any atom is 0.317 e. The molecule has 1 aromatic carbocycles. The molecule has 1 fully saturated rings. The molecule has 3 heteroatoms. The first-order chi connectivity index (χ1) is 7.54. The minimum atomic E-state index is -0.403. The zero-order valence-corrected chi connectivity index (χ0v) is 9.45. The summed E-state index contributed by atoms with van der Waals surface area (Å²) in [4.78, 5) is 22.3. The number of carbonyl (C=O) groups excluding carboxylic acids is 2. The van der Waals surface area contributed by atoms with Crippen molar-refractivity contribution in [3.63, 3.8) is 0 Å². The molecular weight excluding hydrogens is 204 g/mol. The van der Waals surface area contributed by atoms with Crippen molar-refractivity contribution in [2.45, 2.75) is 26.7 Å². The first kappa shape index (κ1) is 10.9. The summed E-state index contributed by atoms with van der Waals surface area (Å²) in [5.74, 6) is -1.09. The molecular formula is C13H14O3. The van der Waals surface area contributed by atoms with Crippen molar-refractivity contribution >= 4 is 11.9 Å². The number of esters is 2. The van der Waals surface area contributed by atoms with E-state index in [9.17, 15) is 9.59 Å². The normalized spacial score (nSPS) is 20.0. The van der Waals surface area contributed by atoms with Gasteiger partial charge in [-0.15, -0.1) is 0 Å². The van der Waals surface area contributed by atoms with Crippen LogP contribution in [-0.2, 0) is 20.7 Å². The lowest BCUT2D eigenvalue weighted by molar-refractivity contribution is -0.153. The number of hydrogen-bond donors (Lipinski definition) is 0. The van der Waals surface area contributed by atoms with E-state index < -0.39 is 5.97 Å². The smallest absolute Gasteiger partial charge is 0.317 e. The van der Waals surface area contributed by atoms with Crippen molar-refractivity contribution in [3.05, 3.63) is 34.9 Å². The molecule has 1 heterocycles. The number of rotatable bonds is 2. The number of benzene rings is 1. The Kier molecular flexibility index (Phi) is 2.77. The molecule has 0 spiro atoms. The second-order valence-corrected chi connectivity index (χ2v) is 4.39. The van der Waals surface area contributed by atoms with E-state index in [2.05, 4.69) is 10.8 Å². The van der Waals surface area contributed by atoms with E-state index in [4.69, 9.17) is 0 Å². The lowest BCUT2D eigenvalue weighted by Crippen LogP contribution is -2.10. The second kappa shape index (κ2) is 4.08. The van der Waals surface area contributed by atoms with Crippen LogP contribution in [-0.4, -0.2) is 11.9 Å². The lowest BCUT2D eigenvalue weighted by atomic mass is 9.96. The maximum absolute atomic E-state index is 11.3. The molecule has 0 saturated carbocycles. The van der Waals surface area contributed by atoms with Crippen molar-refractivity contribution in [2.75, 3.05) is 0 Å². The average molecular weight is 218 g/mol. The number of aryl methyl sites for hydroxylation is 2. The molecule has 0 aliphatic carbocycles. The topological polar surface area (TPSA) is 43.4 Å². The highest BCUT2D eigenvalue weighted by Gasteiger charge is 2.33. The Morgan fingerprint density at radius 1 is 1.19 bits per heavy atom. The van der Waals surface area contributed by atoms with Crippen LogP contribution in [0, 0.1) is 19.8 Å². The van der Waals surface area contributed by atoms with Gasteiger partial charge in [0.15, 0.2) is 0 Å². The van der Waals surface area contributed by atoms with Crippen molar-refractivity contribution < 1.29 is 14.3 Å². The van der Waals surface area contributed by atoms with Crippen LogP contribution >= 0.6 is 0 Å². The Hall–Kier alpha value is -1.64. The van der Waals surface area contributed by atoms with Crippen LogP contribution in [0.15, 0.2) is 18.2 Å². The Morgan fingerprint density at radius 2 is 1.81 bits per heavy atom. The SMILES string of the molecule is Cc1cc(C)cc(C[C@@H]2CC(=O)OC2=O)c1. The van der Waals surface area contributed by atoms with Crippen LogP contribution in [0.4, 0.5) is 0 Å². The van der Waals surface area contributed by atoms with Gasteiger partial charge in [0.2, 0.25) is 0 Å². The van der Waals surface area contributed by atoms with Gasteiger partial charge < -0.3 is 4.74 Å². The Morgan fingerprint density at radius 3 is 2.31 bits per heavy atom. The predicted molar refractivity (Wildman–Crippen MR) is 58.8 cm³/mol. The molecule has 3 nitrogen and oxygen atoms in total. The quantitative estimate of drug-likeness (QED) is 0.562. The summed E-state index contributed by atoms with van der Waals surface area (Å²) in [5.41, 5.74) is 3.44. The van der Waals surface area contributed by atoms with Crippen molar-refractivity contribution in [2.24, 2.45) is 5.92 Å². The summed E-state index contributed by atoms with van der Waals surface area (Å²) in [6.07, 6.45) is 0.804. The molecule has 1 aliphatic rings. The zero-order chi connectivity index (χ0) is 11.7. The maximum atomic E-state index is 11.3. The number of carbonyl (C=O) groups is 2. The number of hydrogen-bond acceptors (Lipinski definition) is 3. The summed E-state index contributed by atoms with van der Waals surface area (Å²) in [5, 5.41) is 0. The van der Waals surface area contributed by atoms with Crippen LogP contribution in [0.5, 0.6) is 0 Å². The Labute approximate surface area is 94.4 Å². The first-order valence-corrected chi connectivity index (χ1v) is 5.36. The summed E-state index contributed by atoms with van der Waals surface area (Å²) in [6.45, 7) is 4.04. The molecule has 0 radical (unpaired) electrons. The van der Waals surface area contributed by atoms with Crippen LogP contribution < -0.4 is 0 Å². The first-order valence-electron chi connectivity index (χ1n) is 5.36. The summed E-state index contributed by atoms with van der Waals surface area (Å²) in [7, 11) is 0. The van der Waals surface area contributed by atoms with Gasteiger partial charge in [-0.05, 0) is 25.8 Å². The third kappa shape index (κ3) is 2.30. The summed E-state index contributed by atoms with van der Waals surface area (Å²) < 4.78 is 4.53. The standard InChI is InChI=1S/C13H14O3/c1-8-3-9(2)5-10(4-8)6-11-7-12(14)16-13(11)15/h3-5,11H,6-7H2,1-2H3/t11-/m1/s1. The number of cyclic esters (lactones) is 2. The second-order valence-electron chi connectivity index (χ2n) is 4.39. The lowest BCUT2D eigenvalue weighted by Gasteiger charge is -2.07. The molecule has 1 atom stereocenters. The van der Waals surface area contributed by atoms with E-state index in [1.54, 1.807) is 0 Å². The van der Waals surface area contributed by atoms with E-state index in [0.717, 1.165) is 5.56 Å². The van der Waals surface area contributed by atoms with Gasteiger partial charge in [-0.3, -0.25) is 9.59 Å². The van der Waals surface area contributed by atoms with Crippen LogP contribution in [0.1, 0.15) is 23.1 Å². The van der Waals surface area contributed by atoms with E-state index in [1.807, 2.05) is 26.0 Å². The molecule has 0 unspecified atom stereocenters. The van der Waals surface area contributed by atoms with Gasteiger partial charge in [-0.1, -0.05) is 29.3 Å². The fourth-order valence-corrected chi connectivity index (χ4v) is 2.15. The zero-order valence-electron chi connectivity index (χ0n) is 9.45. The minimum absolute atomic E-state index is 0.214. The van der Waals surface area contributed by atoms with Crippen molar-refractivity contribution in [1.29, 1.82) is 0 Å². The van der Waals surface area contributed by atoms with Crippen LogP contribution in [0.3, 0.4) is 0 Å². The molecule has 1 aromatic rings. The average Bonchev–Trinajstić information content (AvgIpc) is 2.43. The van der Waals surface area contributed by atoms with Crippen LogP contribution in [0.25, 0.3) is 0 Å². The Bertz CT molecular complexity index is 428. The van der Waals surface area contributed by atoms with Gasteiger partial charge in [-0.2, -0.15) is 0 Å². The molecule has 1 aliphatic heterocycles. The van der Waals surface area contributed by atoms with Gasteiger partial charge in [-0.25, -0.2) is 0 Å². The molecule has 16 heavy (non-hydrogen) atoms. The fraction of sp³-hybridized carbons (Fsp3) is 0.385. The van der Waals surface area contributed by atoms with Gasteiger partial charge >= 0.3 is 11.9 Å². The van der Waals surface area contributed by atoms with Crippen molar-refractivity contribution in [1.82, 2.24) is 0 Å². The molecule has 1 saturated heterocycles. The highest BCUT2D eigenvalue weighted by molar-refractivity contribution is 5.94. The fourth-order valence-electron chi connectivity index (χ4n) is 2.15. The Balaban J connectivity index is 2.15. The van der Waals surface area contributed by atoms with Gasteiger partial charge in [0.25, 0.3) is 0 Å². The highest BCUT2D eigenvalue weighted by atomic mass is 16.6.